The first-order chi connectivity index (χ1) is 12.3. The normalized spacial score (nSPS) is 13.0. The summed E-state index contributed by atoms with van der Waals surface area (Å²) in [6, 6.07) is 6.49. The third kappa shape index (κ3) is 4.67. The molecule has 1 N–H and O–H groups in total. The minimum Gasteiger partial charge on any atom is -0.369 e. The lowest BCUT2D eigenvalue weighted by Gasteiger charge is -2.13. The van der Waals surface area contributed by atoms with E-state index in [1.165, 1.54) is 29.7 Å². The molecule has 142 valence electrons. The maximum atomic E-state index is 12.2. The number of ether oxygens (including phenoxy) is 1. The van der Waals surface area contributed by atoms with E-state index >= 15 is 0 Å². The largest absolute Gasteiger partial charge is 0.369 e. The van der Waals surface area contributed by atoms with Crippen LogP contribution in [0, 0.1) is 0 Å². The molecule has 2 aromatic rings. The van der Waals surface area contributed by atoms with Crippen molar-refractivity contribution in [3.05, 3.63) is 29.6 Å². The molecule has 1 atom stereocenters. The number of carbonyl (C=O) groups is 1. The number of anilines is 1. The van der Waals surface area contributed by atoms with Crippen molar-refractivity contribution in [3.8, 4) is 11.3 Å². The van der Waals surface area contributed by atoms with Crippen molar-refractivity contribution < 1.29 is 17.9 Å². The molecule has 0 radical (unpaired) electrons. The highest BCUT2D eigenvalue weighted by molar-refractivity contribution is 7.89. The molecule has 1 unspecified atom stereocenters. The molecule has 26 heavy (non-hydrogen) atoms. The van der Waals surface area contributed by atoms with Crippen molar-refractivity contribution in [2.24, 2.45) is 0 Å². The molecule has 9 heteroatoms. The summed E-state index contributed by atoms with van der Waals surface area (Å²) in [6.07, 6.45) is 0.0857. The lowest BCUT2D eigenvalue weighted by atomic mass is 10.2. The van der Waals surface area contributed by atoms with Crippen LogP contribution in [0.2, 0.25) is 0 Å². The zero-order valence-electron chi connectivity index (χ0n) is 15.2. The minimum absolute atomic E-state index is 0.220. The smallest absolute Gasteiger partial charge is 0.255 e. The highest BCUT2D eigenvalue weighted by Gasteiger charge is 2.19. The van der Waals surface area contributed by atoms with E-state index in [0.29, 0.717) is 23.9 Å². The number of hydrogen-bond acceptors (Lipinski definition) is 6. The van der Waals surface area contributed by atoms with Crippen LogP contribution in [-0.4, -0.2) is 50.4 Å². The van der Waals surface area contributed by atoms with Crippen LogP contribution in [0.4, 0.5) is 5.13 Å². The lowest BCUT2D eigenvalue weighted by molar-refractivity contribution is -0.127. The predicted molar refractivity (Wildman–Crippen MR) is 103 cm³/mol. The molecule has 0 spiro atoms. The van der Waals surface area contributed by atoms with Gasteiger partial charge < -0.3 is 4.74 Å². The molecule has 0 aliphatic rings. The second-order valence-electron chi connectivity index (χ2n) is 5.69. The SMILES string of the molecule is CCOC(CC)C(=O)Nc1nc(-c2ccc(S(=O)(=O)N(C)C)cc2)cs1. The Kier molecular flexibility index (Phi) is 6.87. The van der Waals surface area contributed by atoms with Gasteiger partial charge in [-0.2, -0.15) is 0 Å². The second kappa shape index (κ2) is 8.72. The standard InChI is InChI=1S/C17H23N3O4S2/c1-5-15(24-6-2)16(21)19-17-18-14(11-25-17)12-7-9-13(10-8-12)26(22,23)20(3)4/h7-11,15H,5-6H2,1-4H3,(H,18,19,21). The molecule has 1 aromatic carbocycles. The quantitative estimate of drug-likeness (QED) is 0.740. The first-order valence-electron chi connectivity index (χ1n) is 8.20. The summed E-state index contributed by atoms with van der Waals surface area (Å²) in [5.41, 5.74) is 1.44. The van der Waals surface area contributed by atoms with E-state index in [1.807, 2.05) is 19.2 Å². The lowest BCUT2D eigenvalue weighted by Crippen LogP contribution is -2.29. The van der Waals surface area contributed by atoms with Gasteiger partial charge in [-0.05, 0) is 25.5 Å². The zero-order chi connectivity index (χ0) is 19.3. The number of thiazole rings is 1. The highest BCUT2D eigenvalue weighted by atomic mass is 32.2. The number of amides is 1. The minimum atomic E-state index is -3.46. The van der Waals surface area contributed by atoms with E-state index in [4.69, 9.17) is 4.74 Å². The Morgan fingerprint density at radius 3 is 2.46 bits per heavy atom. The second-order valence-corrected chi connectivity index (χ2v) is 8.70. The summed E-state index contributed by atoms with van der Waals surface area (Å²) in [5, 5.41) is 5.05. The third-order valence-electron chi connectivity index (χ3n) is 3.69. The number of carbonyl (C=O) groups excluding carboxylic acids is 1. The Morgan fingerprint density at radius 2 is 1.92 bits per heavy atom. The first-order valence-corrected chi connectivity index (χ1v) is 10.5. The first kappa shape index (κ1) is 20.5. The summed E-state index contributed by atoms with van der Waals surface area (Å²) in [4.78, 5) is 16.8. The Hall–Kier alpha value is -1.81. The van der Waals surface area contributed by atoms with E-state index in [0.717, 1.165) is 5.56 Å². The molecule has 0 bridgehead atoms. The van der Waals surface area contributed by atoms with Gasteiger partial charge in [-0.15, -0.1) is 11.3 Å². The van der Waals surface area contributed by atoms with Crippen LogP contribution in [0.25, 0.3) is 11.3 Å². The Balaban J connectivity index is 2.13. The topological polar surface area (TPSA) is 88.6 Å². The maximum Gasteiger partial charge on any atom is 0.255 e. The van der Waals surface area contributed by atoms with Crippen LogP contribution in [0.5, 0.6) is 0 Å². The van der Waals surface area contributed by atoms with Gasteiger partial charge in [-0.3, -0.25) is 10.1 Å². The summed E-state index contributed by atoms with van der Waals surface area (Å²) in [7, 11) is -0.479. The summed E-state index contributed by atoms with van der Waals surface area (Å²) in [5.74, 6) is -0.220. The van der Waals surface area contributed by atoms with Gasteiger partial charge >= 0.3 is 0 Å². The van der Waals surface area contributed by atoms with Crippen molar-refractivity contribution in [2.45, 2.75) is 31.3 Å². The molecule has 0 saturated heterocycles. The fourth-order valence-corrected chi connectivity index (χ4v) is 3.86. The molecular weight excluding hydrogens is 374 g/mol. The van der Waals surface area contributed by atoms with Crippen molar-refractivity contribution >= 4 is 32.4 Å². The van der Waals surface area contributed by atoms with Crippen LogP contribution in [0.1, 0.15) is 20.3 Å². The van der Waals surface area contributed by atoms with Crippen molar-refractivity contribution in [2.75, 3.05) is 26.0 Å². The van der Waals surface area contributed by atoms with Gasteiger partial charge in [0.1, 0.15) is 6.10 Å². The van der Waals surface area contributed by atoms with E-state index in [9.17, 15) is 13.2 Å². The number of hydrogen-bond donors (Lipinski definition) is 1. The van der Waals surface area contributed by atoms with E-state index in [1.54, 1.807) is 24.3 Å². The number of nitrogens with one attached hydrogen (secondary N) is 1. The summed E-state index contributed by atoms with van der Waals surface area (Å²) < 4.78 is 30.8. The Labute approximate surface area is 158 Å². The van der Waals surface area contributed by atoms with Crippen molar-refractivity contribution in [1.82, 2.24) is 9.29 Å². The molecule has 0 saturated carbocycles. The predicted octanol–water partition coefficient (Wildman–Crippen LogP) is 2.81. The molecule has 0 aliphatic carbocycles. The molecule has 0 fully saturated rings. The number of rotatable bonds is 8. The van der Waals surface area contributed by atoms with E-state index in [-0.39, 0.29) is 10.8 Å². The van der Waals surface area contributed by atoms with Crippen molar-refractivity contribution in [1.29, 1.82) is 0 Å². The molecule has 7 nitrogen and oxygen atoms in total. The summed E-state index contributed by atoms with van der Waals surface area (Å²) >= 11 is 1.31. The fraction of sp³-hybridized carbons (Fsp3) is 0.412. The molecule has 0 aliphatic heterocycles. The zero-order valence-corrected chi connectivity index (χ0v) is 16.9. The Morgan fingerprint density at radius 1 is 1.27 bits per heavy atom. The molecule has 1 amide bonds. The Bertz CT molecular complexity index is 845. The molecule has 2 rings (SSSR count). The van der Waals surface area contributed by atoms with Gasteiger partial charge in [-0.25, -0.2) is 17.7 Å². The number of benzene rings is 1. The maximum absolute atomic E-state index is 12.2. The molecule has 1 aromatic heterocycles. The molecular formula is C17H23N3O4S2. The van der Waals surface area contributed by atoms with Gasteiger partial charge in [0.15, 0.2) is 5.13 Å². The fourth-order valence-electron chi connectivity index (χ4n) is 2.24. The monoisotopic (exact) mass is 397 g/mol. The molecule has 1 heterocycles. The van der Waals surface area contributed by atoms with Crippen LogP contribution in [0.15, 0.2) is 34.5 Å². The van der Waals surface area contributed by atoms with Gasteiger partial charge in [0.05, 0.1) is 10.6 Å². The third-order valence-corrected chi connectivity index (χ3v) is 6.28. The van der Waals surface area contributed by atoms with E-state index in [2.05, 4.69) is 10.3 Å². The van der Waals surface area contributed by atoms with Gasteiger partial charge in [0, 0.05) is 31.6 Å². The number of aromatic nitrogens is 1. The number of nitrogens with zero attached hydrogens (tertiary/aromatic N) is 2. The van der Waals surface area contributed by atoms with Crippen LogP contribution in [-0.2, 0) is 19.6 Å². The average Bonchev–Trinajstić information content (AvgIpc) is 3.07. The van der Waals surface area contributed by atoms with Crippen LogP contribution < -0.4 is 5.32 Å². The van der Waals surface area contributed by atoms with Crippen molar-refractivity contribution in [3.63, 3.8) is 0 Å². The van der Waals surface area contributed by atoms with Gasteiger partial charge in [0.2, 0.25) is 10.0 Å². The highest BCUT2D eigenvalue weighted by Crippen LogP contribution is 2.26. The summed E-state index contributed by atoms with van der Waals surface area (Å²) in [6.45, 7) is 4.20. The van der Waals surface area contributed by atoms with Gasteiger partial charge in [0.25, 0.3) is 5.91 Å². The average molecular weight is 398 g/mol. The van der Waals surface area contributed by atoms with Gasteiger partial charge in [-0.1, -0.05) is 19.1 Å². The van der Waals surface area contributed by atoms with Crippen LogP contribution >= 0.6 is 11.3 Å². The number of sulfonamides is 1. The van der Waals surface area contributed by atoms with E-state index < -0.39 is 16.1 Å². The van der Waals surface area contributed by atoms with Crippen LogP contribution in [0.3, 0.4) is 0 Å².